The maximum atomic E-state index is 9.52. The standard InChI is InChI=1S/C5H4O2/c6-4-7-5-2-1-3-5/h4-5H,2H2. The van der Waals surface area contributed by atoms with E-state index in [9.17, 15) is 4.79 Å². The molecule has 0 N–H and O–H groups in total. The number of rotatable bonds is 2. The summed E-state index contributed by atoms with van der Waals surface area (Å²) in [5.74, 6) is 5.36. The summed E-state index contributed by atoms with van der Waals surface area (Å²) >= 11 is 0. The minimum absolute atomic E-state index is 0.0995. The van der Waals surface area contributed by atoms with Gasteiger partial charge in [0.2, 0.25) is 0 Å². The van der Waals surface area contributed by atoms with E-state index >= 15 is 0 Å². The molecule has 1 rings (SSSR count). The second-order valence-corrected chi connectivity index (χ2v) is 1.25. The van der Waals surface area contributed by atoms with Crippen molar-refractivity contribution in [3.05, 3.63) is 0 Å². The van der Waals surface area contributed by atoms with Crippen LogP contribution in [0.1, 0.15) is 6.42 Å². The lowest BCUT2D eigenvalue weighted by Gasteiger charge is -2.08. The van der Waals surface area contributed by atoms with E-state index in [0.717, 1.165) is 0 Å². The Balaban J connectivity index is 2.22. The van der Waals surface area contributed by atoms with Crippen LogP contribution in [0.15, 0.2) is 0 Å². The summed E-state index contributed by atoms with van der Waals surface area (Å²) < 4.78 is 4.42. The zero-order chi connectivity index (χ0) is 5.11. The van der Waals surface area contributed by atoms with Crippen molar-refractivity contribution in [2.75, 3.05) is 0 Å². The van der Waals surface area contributed by atoms with Crippen LogP contribution in [-0.2, 0) is 9.53 Å². The van der Waals surface area contributed by atoms with Gasteiger partial charge >= 0.3 is 0 Å². The fourth-order valence-corrected chi connectivity index (χ4v) is 0.335. The van der Waals surface area contributed by atoms with Crippen LogP contribution < -0.4 is 0 Å². The smallest absolute Gasteiger partial charge is 0.294 e. The highest BCUT2D eigenvalue weighted by atomic mass is 16.5. The van der Waals surface area contributed by atoms with E-state index in [4.69, 9.17) is 0 Å². The van der Waals surface area contributed by atoms with Crippen LogP contribution in [-0.4, -0.2) is 12.6 Å². The Labute approximate surface area is 41.5 Å². The summed E-state index contributed by atoms with van der Waals surface area (Å²) in [4.78, 5) is 9.52. The van der Waals surface area contributed by atoms with Gasteiger partial charge in [-0.15, -0.1) is 0 Å². The fourth-order valence-electron chi connectivity index (χ4n) is 0.335. The molecule has 2 heteroatoms. The van der Waals surface area contributed by atoms with Crippen LogP contribution in [0.25, 0.3) is 0 Å². The normalized spacial score (nSPS) is 23.7. The van der Waals surface area contributed by atoms with Crippen molar-refractivity contribution in [3.63, 3.8) is 0 Å². The zero-order valence-corrected chi connectivity index (χ0v) is 3.68. The van der Waals surface area contributed by atoms with Crippen LogP contribution >= 0.6 is 0 Å². The first-order valence-electron chi connectivity index (χ1n) is 2.01. The number of carbonyl (C=O) groups excluding carboxylic acids is 1. The van der Waals surface area contributed by atoms with Crippen LogP contribution in [0, 0.1) is 11.8 Å². The van der Waals surface area contributed by atoms with Crippen LogP contribution in [0.3, 0.4) is 0 Å². The van der Waals surface area contributed by atoms with E-state index < -0.39 is 0 Å². The van der Waals surface area contributed by atoms with Gasteiger partial charge in [-0.1, -0.05) is 11.8 Å². The predicted octanol–water partition coefficient (Wildman–Crippen LogP) is -0.0649. The average molecular weight is 96.1 g/mol. The van der Waals surface area contributed by atoms with Gasteiger partial charge in [0.15, 0.2) is 6.10 Å². The number of hydrogen-bond donors (Lipinski definition) is 0. The SMILES string of the molecule is O=COC1C#CC1. The Hall–Kier alpha value is -0.970. The van der Waals surface area contributed by atoms with Crippen molar-refractivity contribution >= 4 is 6.47 Å². The molecule has 0 radical (unpaired) electrons. The molecular formula is C5H4O2. The molecule has 2 nitrogen and oxygen atoms in total. The van der Waals surface area contributed by atoms with E-state index in [2.05, 4.69) is 16.6 Å². The lowest BCUT2D eigenvalue weighted by Crippen LogP contribution is -2.13. The molecule has 1 aliphatic carbocycles. The van der Waals surface area contributed by atoms with E-state index in [1.807, 2.05) is 0 Å². The van der Waals surface area contributed by atoms with Crippen molar-refractivity contribution in [3.8, 4) is 11.8 Å². The molecule has 0 aromatic rings. The van der Waals surface area contributed by atoms with Crippen molar-refractivity contribution in [1.82, 2.24) is 0 Å². The lowest BCUT2D eigenvalue weighted by atomic mass is 10.1. The predicted molar refractivity (Wildman–Crippen MR) is 23.3 cm³/mol. The second kappa shape index (κ2) is 1.65. The third-order valence-electron chi connectivity index (χ3n) is 0.770. The summed E-state index contributed by atoms with van der Waals surface area (Å²) in [6.45, 7) is 0.429. The van der Waals surface area contributed by atoms with Gasteiger partial charge in [-0.2, -0.15) is 0 Å². The molecule has 36 valence electrons. The molecule has 0 fully saturated rings. The van der Waals surface area contributed by atoms with Gasteiger partial charge < -0.3 is 4.74 Å². The second-order valence-electron chi connectivity index (χ2n) is 1.25. The van der Waals surface area contributed by atoms with E-state index in [-0.39, 0.29) is 6.10 Å². The summed E-state index contributed by atoms with van der Waals surface area (Å²) in [7, 11) is 0. The van der Waals surface area contributed by atoms with Crippen molar-refractivity contribution in [1.29, 1.82) is 0 Å². The van der Waals surface area contributed by atoms with E-state index in [1.165, 1.54) is 0 Å². The highest BCUT2D eigenvalue weighted by Gasteiger charge is 2.07. The van der Waals surface area contributed by atoms with E-state index in [0.29, 0.717) is 12.9 Å². The van der Waals surface area contributed by atoms with Crippen LogP contribution in [0.2, 0.25) is 0 Å². The Morgan fingerprint density at radius 2 is 2.57 bits per heavy atom. The first-order chi connectivity index (χ1) is 3.43. The minimum Gasteiger partial charge on any atom is -0.450 e. The summed E-state index contributed by atoms with van der Waals surface area (Å²) in [6, 6.07) is 0. The van der Waals surface area contributed by atoms with Gasteiger partial charge in [0, 0.05) is 0 Å². The maximum Gasteiger partial charge on any atom is 0.294 e. The quantitative estimate of drug-likeness (QED) is 0.355. The molecule has 1 aliphatic rings. The summed E-state index contributed by atoms with van der Waals surface area (Å²) in [5, 5.41) is 0. The fraction of sp³-hybridized carbons (Fsp3) is 0.400. The molecule has 0 spiro atoms. The molecule has 0 amide bonds. The largest absolute Gasteiger partial charge is 0.450 e. The number of carbonyl (C=O) groups is 1. The summed E-state index contributed by atoms with van der Waals surface area (Å²) in [5.41, 5.74) is 0. The summed E-state index contributed by atoms with van der Waals surface area (Å²) in [6.07, 6.45) is 0.608. The molecule has 0 aromatic carbocycles. The third kappa shape index (κ3) is 0.716. The van der Waals surface area contributed by atoms with Crippen LogP contribution in [0.4, 0.5) is 0 Å². The van der Waals surface area contributed by atoms with Gasteiger partial charge in [-0.3, -0.25) is 4.79 Å². The molecule has 0 bridgehead atoms. The Morgan fingerprint density at radius 1 is 1.86 bits per heavy atom. The lowest BCUT2D eigenvalue weighted by molar-refractivity contribution is -0.131. The third-order valence-corrected chi connectivity index (χ3v) is 0.770. The molecular weight excluding hydrogens is 92.1 g/mol. The van der Waals surface area contributed by atoms with Crippen LogP contribution in [0.5, 0.6) is 0 Å². The highest BCUT2D eigenvalue weighted by molar-refractivity contribution is 5.40. The Morgan fingerprint density at radius 3 is 2.71 bits per heavy atom. The average Bonchev–Trinajstić information content (AvgIpc) is 1.55. The van der Waals surface area contributed by atoms with Gasteiger partial charge in [-0.05, 0) is 0 Å². The Bertz CT molecular complexity index is 129. The van der Waals surface area contributed by atoms with Crippen molar-refractivity contribution in [2.24, 2.45) is 0 Å². The molecule has 0 saturated carbocycles. The monoisotopic (exact) mass is 96.0 g/mol. The van der Waals surface area contributed by atoms with Gasteiger partial charge in [0.25, 0.3) is 6.47 Å². The molecule has 0 aliphatic heterocycles. The Kier molecular flexibility index (Phi) is 0.991. The number of hydrogen-bond acceptors (Lipinski definition) is 2. The van der Waals surface area contributed by atoms with E-state index in [1.54, 1.807) is 0 Å². The molecule has 0 saturated heterocycles. The first-order valence-corrected chi connectivity index (χ1v) is 2.01. The van der Waals surface area contributed by atoms with Crippen molar-refractivity contribution < 1.29 is 9.53 Å². The highest BCUT2D eigenvalue weighted by Crippen LogP contribution is 2.00. The molecule has 0 heterocycles. The van der Waals surface area contributed by atoms with Crippen molar-refractivity contribution in [2.45, 2.75) is 12.5 Å². The molecule has 0 aromatic heterocycles. The minimum atomic E-state index is -0.0995. The maximum absolute atomic E-state index is 9.52. The van der Waals surface area contributed by atoms with Gasteiger partial charge in [0.05, 0.1) is 6.42 Å². The number of ether oxygens (including phenoxy) is 1. The molecule has 7 heavy (non-hydrogen) atoms. The zero-order valence-electron chi connectivity index (χ0n) is 3.68. The van der Waals surface area contributed by atoms with Gasteiger partial charge in [-0.25, -0.2) is 0 Å². The van der Waals surface area contributed by atoms with Gasteiger partial charge in [0.1, 0.15) is 0 Å². The molecule has 1 atom stereocenters. The molecule has 1 unspecified atom stereocenters. The topological polar surface area (TPSA) is 26.3 Å². The first kappa shape index (κ1) is 4.20.